The van der Waals surface area contributed by atoms with Gasteiger partial charge in [0.15, 0.2) is 0 Å². The van der Waals surface area contributed by atoms with Gasteiger partial charge in [-0.05, 0) is 31.2 Å². The Morgan fingerprint density at radius 3 is 2.21 bits per heavy atom. The molecular formula is C21H20N2O. The quantitative estimate of drug-likeness (QED) is 0.530. The molecular weight excluding hydrogens is 296 g/mol. The van der Waals surface area contributed by atoms with E-state index in [2.05, 4.69) is 36.5 Å². The minimum absolute atomic E-state index is 0.747. The lowest BCUT2D eigenvalue weighted by Crippen LogP contribution is -2.13. The molecule has 3 heteroatoms. The number of aliphatic imine (C=N–C) groups is 1. The van der Waals surface area contributed by atoms with Crippen molar-refractivity contribution < 1.29 is 4.74 Å². The number of hydrogen-bond donors (Lipinski definition) is 1. The van der Waals surface area contributed by atoms with Gasteiger partial charge in [0.25, 0.3) is 0 Å². The number of benzene rings is 3. The van der Waals surface area contributed by atoms with Crippen molar-refractivity contribution in [3.05, 3.63) is 90.0 Å². The van der Waals surface area contributed by atoms with E-state index >= 15 is 0 Å². The first-order valence-corrected chi connectivity index (χ1v) is 7.87. The van der Waals surface area contributed by atoms with Gasteiger partial charge in [-0.2, -0.15) is 0 Å². The zero-order chi connectivity index (χ0) is 16.8. The van der Waals surface area contributed by atoms with Crippen molar-refractivity contribution in [3.63, 3.8) is 0 Å². The van der Waals surface area contributed by atoms with E-state index in [-0.39, 0.29) is 0 Å². The van der Waals surface area contributed by atoms with Crippen LogP contribution < -0.4 is 10.1 Å². The highest BCUT2D eigenvalue weighted by Gasteiger charge is 2.07. The third-order valence-electron chi connectivity index (χ3n) is 3.68. The number of hydrogen-bond acceptors (Lipinski definition) is 2. The Hall–Kier alpha value is -3.07. The largest absolute Gasteiger partial charge is 0.494 e. The van der Waals surface area contributed by atoms with Gasteiger partial charge in [0.05, 0.1) is 7.11 Å². The summed E-state index contributed by atoms with van der Waals surface area (Å²) in [6.07, 6.45) is 0. The van der Waals surface area contributed by atoms with Gasteiger partial charge < -0.3 is 10.1 Å². The molecule has 3 aromatic carbocycles. The maximum Gasteiger partial charge on any atom is 0.144 e. The van der Waals surface area contributed by atoms with Gasteiger partial charge >= 0.3 is 0 Å². The summed E-state index contributed by atoms with van der Waals surface area (Å²) in [6.45, 7) is 2.07. The van der Waals surface area contributed by atoms with Crippen molar-refractivity contribution in [3.8, 4) is 5.75 Å². The number of rotatable bonds is 4. The van der Waals surface area contributed by atoms with E-state index in [1.165, 1.54) is 5.56 Å². The number of ether oxygens (including phenoxy) is 1. The van der Waals surface area contributed by atoms with Crippen molar-refractivity contribution in [2.75, 3.05) is 12.4 Å². The van der Waals surface area contributed by atoms with Crippen molar-refractivity contribution in [1.29, 1.82) is 0 Å². The van der Waals surface area contributed by atoms with Gasteiger partial charge in [-0.1, -0.05) is 60.2 Å². The minimum atomic E-state index is 0.747. The Bertz CT molecular complexity index is 824. The molecule has 0 aliphatic heterocycles. The van der Waals surface area contributed by atoms with Crippen LogP contribution in [0.15, 0.2) is 83.9 Å². The van der Waals surface area contributed by atoms with Crippen LogP contribution in [0.3, 0.4) is 0 Å². The molecule has 0 aliphatic rings. The van der Waals surface area contributed by atoms with Crippen molar-refractivity contribution in [2.24, 2.45) is 4.99 Å². The Balaban J connectivity index is 2.02. The summed E-state index contributed by atoms with van der Waals surface area (Å²) in [5.41, 5.74) is 4.03. The molecule has 0 aromatic heterocycles. The average molecular weight is 316 g/mol. The summed E-state index contributed by atoms with van der Waals surface area (Å²) in [7, 11) is 1.66. The minimum Gasteiger partial charge on any atom is -0.494 e. The van der Waals surface area contributed by atoms with Crippen LogP contribution in [0, 0.1) is 6.92 Å². The summed E-state index contributed by atoms with van der Waals surface area (Å²) < 4.78 is 5.41. The molecule has 0 atom stereocenters. The summed E-state index contributed by atoms with van der Waals surface area (Å²) >= 11 is 0. The van der Waals surface area contributed by atoms with Crippen LogP contribution in [0.25, 0.3) is 0 Å². The fourth-order valence-corrected chi connectivity index (χ4v) is 2.38. The van der Waals surface area contributed by atoms with E-state index < -0.39 is 0 Å². The van der Waals surface area contributed by atoms with Crippen LogP contribution in [0.5, 0.6) is 5.75 Å². The zero-order valence-corrected chi connectivity index (χ0v) is 13.9. The molecule has 3 rings (SSSR count). The van der Waals surface area contributed by atoms with E-state index in [0.29, 0.717) is 0 Å². The molecule has 0 amide bonds. The van der Waals surface area contributed by atoms with E-state index in [1.54, 1.807) is 7.11 Å². The molecule has 0 radical (unpaired) electrons. The van der Waals surface area contributed by atoms with Gasteiger partial charge in [-0.25, -0.2) is 4.99 Å². The Morgan fingerprint density at radius 1 is 0.833 bits per heavy atom. The normalized spacial score (nSPS) is 11.2. The lowest BCUT2D eigenvalue weighted by Gasteiger charge is -2.12. The first-order valence-electron chi connectivity index (χ1n) is 7.87. The topological polar surface area (TPSA) is 33.6 Å². The number of anilines is 1. The van der Waals surface area contributed by atoms with Crippen LogP contribution in [-0.2, 0) is 0 Å². The third-order valence-corrected chi connectivity index (χ3v) is 3.68. The Kier molecular flexibility index (Phi) is 4.92. The highest BCUT2D eigenvalue weighted by Crippen LogP contribution is 2.27. The highest BCUT2D eigenvalue weighted by molar-refractivity contribution is 6.09. The molecule has 0 unspecified atom stereocenters. The molecule has 0 aliphatic carbocycles. The standard InChI is InChI=1S/C21H20N2O/c1-16-12-14-18(15-13-16)22-21(17-8-4-3-5-9-17)23-19-10-6-7-11-20(19)24-2/h3-15H,1-2H3,(H,22,23). The van der Waals surface area contributed by atoms with E-state index in [1.807, 2.05) is 54.6 Å². The number of amidine groups is 1. The smallest absolute Gasteiger partial charge is 0.144 e. The van der Waals surface area contributed by atoms with Gasteiger partial charge in [-0.3, -0.25) is 0 Å². The molecule has 3 nitrogen and oxygen atoms in total. The van der Waals surface area contributed by atoms with E-state index in [9.17, 15) is 0 Å². The molecule has 0 bridgehead atoms. The fraction of sp³-hybridized carbons (Fsp3) is 0.0952. The SMILES string of the molecule is COc1ccccc1N=C(Nc1ccc(C)cc1)c1ccccc1. The molecule has 0 saturated heterocycles. The van der Waals surface area contributed by atoms with Crippen molar-refractivity contribution in [2.45, 2.75) is 6.92 Å². The molecule has 0 spiro atoms. The summed E-state index contributed by atoms with van der Waals surface area (Å²) in [4.78, 5) is 4.80. The summed E-state index contributed by atoms with van der Waals surface area (Å²) in [6, 6.07) is 26.1. The second-order valence-corrected chi connectivity index (χ2v) is 5.49. The molecule has 0 heterocycles. The number of nitrogens with zero attached hydrogens (tertiary/aromatic N) is 1. The van der Waals surface area contributed by atoms with Crippen molar-refractivity contribution in [1.82, 2.24) is 0 Å². The average Bonchev–Trinajstić information content (AvgIpc) is 2.64. The highest BCUT2D eigenvalue weighted by atomic mass is 16.5. The predicted octanol–water partition coefficient (Wildman–Crippen LogP) is 5.19. The lowest BCUT2D eigenvalue weighted by molar-refractivity contribution is 0.416. The predicted molar refractivity (Wildman–Crippen MR) is 100 cm³/mol. The third kappa shape index (κ3) is 3.82. The molecule has 0 fully saturated rings. The second-order valence-electron chi connectivity index (χ2n) is 5.49. The van der Waals surface area contributed by atoms with Gasteiger partial charge in [0.1, 0.15) is 17.3 Å². The maximum atomic E-state index is 5.41. The first-order chi connectivity index (χ1) is 11.8. The Morgan fingerprint density at radius 2 is 1.50 bits per heavy atom. The van der Waals surface area contributed by atoms with Crippen LogP contribution in [0.1, 0.15) is 11.1 Å². The number of methoxy groups -OCH3 is 1. The van der Waals surface area contributed by atoms with Crippen LogP contribution in [0.2, 0.25) is 0 Å². The summed E-state index contributed by atoms with van der Waals surface area (Å²) in [5.74, 6) is 1.53. The van der Waals surface area contributed by atoms with Gasteiger partial charge in [0, 0.05) is 11.3 Å². The zero-order valence-electron chi connectivity index (χ0n) is 13.9. The summed E-state index contributed by atoms with van der Waals surface area (Å²) in [5, 5.41) is 3.42. The molecule has 24 heavy (non-hydrogen) atoms. The van der Waals surface area contributed by atoms with Crippen LogP contribution in [0.4, 0.5) is 11.4 Å². The van der Waals surface area contributed by atoms with E-state index in [0.717, 1.165) is 28.5 Å². The molecule has 120 valence electrons. The first kappa shape index (κ1) is 15.8. The number of aryl methyl sites for hydroxylation is 1. The lowest BCUT2D eigenvalue weighted by atomic mass is 10.2. The Labute approximate surface area is 142 Å². The molecule has 0 saturated carbocycles. The van der Waals surface area contributed by atoms with Crippen LogP contribution >= 0.6 is 0 Å². The second kappa shape index (κ2) is 7.47. The van der Waals surface area contributed by atoms with Crippen molar-refractivity contribution >= 4 is 17.2 Å². The number of para-hydroxylation sites is 2. The van der Waals surface area contributed by atoms with Gasteiger partial charge in [0.2, 0.25) is 0 Å². The molecule has 1 N–H and O–H groups in total. The monoisotopic (exact) mass is 316 g/mol. The van der Waals surface area contributed by atoms with Crippen LogP contribution in [-0.4, -0.2) is 12.9 Å². The number of nitrogens with one attached hydrogen (secondary N) is 1. The fourth-order valence-electron chi connectivity index (χ4n) is 2.38. The van der Waals surface area contributed by atoms with E-state index in [4.69, 9.17) is 9.73 Å². The maximum absolute atomic E-state index is 5.41. The van der Waals surface area contributed by atoms with Gasteiger partial charge in [-0.15, -0.1) is 0 Å². The molecule has 3 aromatic rings.